The Balaban J connectivity index is 3.15. The molecule has 0 unspecified atom stereocenters. The molecule has 0 saturated carbocycles. The van der Waals surface area contributed by atoms with Crippen LogP contribution in [0.5, 0.6) is 0 Å². The van der Waals surface area contributed by atoms with Gasteiger partial charge in [0.2, 0.25) is 0 Å². The number of pyridine rings is 1. The van der Waals surface area contributed by atoms with Gasteiger partial charge in [-0.05, 0) is 18.6 Å². The molecule has 1 rings (SSSR count). The van der Waals surface area contributed by atoms with Crippen molar-refractivity contribution in [2.24, 2.45) is 5.73 Å². The minimum Gasteiger partial charge on any atom is -0.389 e. The monoisotopic (exact) mass is 200 g/mol. The highest BCUT2D eigenvalue weighted by Crippen LogP contribution is 2.11. The van der Waals surface area contributed by atoms with E-state index in [2.05, 4.69) is 4.98 Å². The van der Waals surface area contributed by atoms with Crippen LogP contribution in [0.2, 0.25) is 5.15 Å². The predicted molar refractivity (Wildman–Crippen MR) is 54.5 cm³/mol. The summed E-state index contributed by atoms with van der Waals surface area (Å²) in [6.07, 6.45) is 0.830. The van der Waals surface area contributed by atoms with Crippen molar-refractivity contribution in [1.29, 1.82) is 0 Å². The Labute approximate surface area is 81.7 Å². The van der Waals surface area contributed by atoms with Crippen LogP contribution in [0, 0.1) is 0 Å². The van der Waals surface area contributed by atoms with Crippen LogP contribution >= 0.6 is 23.8 Å². The Morgan fingerprint density at radius 3 is 2.83 bits per heavy atom. The fourth-order valence-corrected chi connectivity index (χ4v) is 1.22. The van der Waals surface area contributed by atoms with Crippen LogP contribution in [-0.2, 0) is 6.42 Å². The van der Waals surface area contributed by atoms with Crippen molar-refractivity contribution in [3.63, 3.8) is 0 Å². The van der Waals surface area contributed by atoms with Gasteiger partial charge >= 0.3 is 0 Å². The Kier molecular flexibility index (Phi) is 3.00. The summed E-state index contributed by atoms with van der Waals surface area (Å²) in [5, 5.41) is 0.442. The van der Waals surface area contributed by atoms with Crippen LogP contribution < -0.4 is 5.73 Å². The molecule has 64 valence electrons. The maximum Gasteiger partial charge on any atom is 0.130 e. The van der Waals surface area contributed by atoms with E-state index in [4.69, 9.17) is 29.6 Å². The van der Waals surface area contributed by atoms with E-state index in [1.807, 2.05) is 13.0 Å². The van der Waals surface area contributed by atoms with E-state index in [-0.39, 0.29) is 0 Å². The van der Waals surface area contributed by atoms with Crippen LogP contribution in [0.15, 0.2) is 12.1 Å². The number of halogens is 1. The highest BCUT2D eigenvalue weighted by molar-refractivity contribution is 7.80. The van der Waals surface area contributed by atoms with E-state index < -0.39 is 0 Å². The Morgan fingerprint density at radius 1 is 1.67 bits per heavy atom. The highest BCUT2D eigenvalue weighted by atomic mass is 35.5. The van der Waals surface area contributed by atoms with Gasteiger partial charge in [-0.1, -0.05) is 30.7 Å². The van der Waals surface area contributed by atoms with Crippen LogP contribution in [0.4, 0.5) is 0 Å². The van der Waals surface area contributed by atoms with E-state index in [1.54, 1.807) is 6.07 Å². The van der Waals surface area contributed by atoms with Crippen molar-refractivity contribution < 1.29 is 0 Å². The van der Waals surface area contributed by atoms with Crippen molar-refractivity contribution in [2.75, 3.05) is 0 Å². The second-order valence-corrected chi connectivity index (χ2v) is 3.21. The zero-order valence-corrected chi connectivity index (χ0v) is 8.25. The molecular formula is C8H9ClN2S. The molecule has 1 aromatic heterocycles. The highest BCUT2D eigenvalue weighted by Gasteiger charge is 2.01. The lowest BCUT2D eigenvalue weighted by Gasteiger charge is -2.01. The lowest BCUT2D eigenvalue weighted by Crippen LogP contribution is -2.10. The van der Waals surface area contributed by atoms with Crippen molar-refractivity contribution in [1.82, 2.24) is 4.98 Å². The number of nitrogens with two attached hydrogens (primary N) is 1. The molecule has 12 heavy (non-hydrogen) atoms. The summed E-state index contributed by atoms with van der Waals surface area (Å²) >= 11 is 10.6. The quantitative estimate of drug-likeness (QED) is 0.586. The summed E-state index contributed by atoms with van der Waals surface area (Å²) in [7, 11) is 0. The first-order chi connectivity index (χ1) is 5.63. The van der Waals surface area contributed by atoms with Gasteiger partial charge in [-0.2, -0.15) is 0 Å². The molecule has 0 fully saturated rings. The zero-order chi connectivity index (χ0) is 9.14. The summed E-state index contributed by atoms with van der Waals surface area (Å²) < 4.78 is 0. The second kappa shape index (κ2) is 3.83. The minimum absolute atomic E-state index is 0.356. The number of hydrogen-bond donors (Lipinski definition) is 1. The fourth-order valence-electron chi connectivity index (χ4n) is 0.875. The molecule has 0 saturated heterocycles. The van der Waals surface area contributed by atoms with E-state index >= 15 is 0 Å². The molecule has 4 heteroatoms. The number of thiocarbonyl (C=S) groups is 1. The van der Waals surface area contributed by atoms with Gasteiger partial charge in [0, 0.05) is 11.3 Å². The largest absolute Gasteiger partial charge is 0.389 e. The Morgan fingerprint density at radius 2 is 2.33 bits per heavy atom. The summed E-state index contributed by atoms with van der Waals surface area (Å²) in [6.45, 7) is 2.00. The van der Waals surface area contributed by atoms with Crippen LogP contribution in [0.1, 0.15) is 18.2 Å². The van der Waals surface area contributed by atoms with Gasteiger partial charge < -0.3 is 5.73 Å². The van der Waals surface area contributed by atoms with Crippen LogP contribution in [0.3, 0.4) is 0 Å². The fraction of sp³-hybridized carbons (Fsp3) is 0.250. The molecule has 1 heterocycles. The molecule has 0 atom stereocenters. The number of rotatable bonds is 2. The second-order valence-electron chi connectivity index (χ2n) is 2.39. The molecule has 0 bridgehead atoms. The Hall–Kier alpha value is -0.670. The predicted octanol–water partition coefficient (Wildman–Crippen LogP) is 1.93. The van der Waals surface area contributed by atoms with Gasteiger partial charge in [0.25, 0.3) is 0 Å². The topological polar surface area (TPSA) is 38.9 Å². The third-order valence-electron chi connectivity index (χ3n) is 1.49. The molecule has 0 aromatic carbocycles. The average Bonchev–Trinajstić information content (AvgIpc) is 2.03. The van der Waals surface area contributed by atoms with Gasteiger partial charge in [-0.15, -0.1) is 0 Å². The summed E-state index contributed by atoms with van der Waals surface area (Å²) in [6, 6.07) is 3.53. The number of hydrogen-bond acceptors (Lipinski definition) is 2. The molecule has 0 aliphatic heterocycles. The number of aromatic nitrogens is 1. The van der Waals surface area contributed by atoms with Crippen LogP contribution in [0.25, 0.3) is 0 Å². The van der Waals surface area contributed by atoms with Gasteiger partial charge in [-0.25, -0.2) is 4.98 Å². The van der Waals surface area contributed by atoms with E-state index in [0.717, 1.165) is 17.7 Å². The zero-order valence-electron chi connectivity index (χ0n) is 6.67. The third kappa shape index (κ3) is 2.16. The first-order valence-corrected chi connectivity index (χ1v) is 4.38. The van der Waals surface area contributed by atoms with Crippen LogP contribution in [-0.4, -0.2) is 9.97 Å². The van der Waals surface area contributed by atoms with Gasteiger partial charge in [0.15, 0.2) is 0 Å². The smallest absolute Gasteiger partial charge is 0.130 e. The molecule has 0 radical (unpaired) electrons. The lowest BCUT2D eigenvalue weighted by molar-refractivity contribution is 1.03. The maximum absolute atomic E-state index is 5.75. The van der Waals surface area contributed by atoms with Crippen molar-refractivity contribution in [3.05, 3.63) is 28.5 Å². The van der Waals surface area contributed by atoms with E-state index in [1.165, 1.54) is 0 Å². The van der Waals surface area contributed by atoms with Crippen molar-refractivity contribution in [2.45, 2.75) is 13.3 Å². The first kappa shape index (κ1) is 9.42. The summed E-state index contributed by atoms with van der Waals surface area (Å²) in [5.74, 6) is 0. The molecule has 2 N–H and O–H groups in total. The minimum atomic E-state index is 0.356. The van der Waals surface area contributed by atoms with Crippen molar-refractivity contribution >= 4 is 28.8 Å². The first-order valence-electron chi connectivity index (χ1n) is 3.59. The lowest BCUT2D eigenvalue weighted by atomic mass is 10.2. The Bertz CT molecular complexity index is 312. The van der Waals surface area contributed by atoms with Gasteiger partial charge in [-0.3, -0.25) is 0 Å². The average molecular weight is 201 g/mol. The molecule has 1 aromatic rings. The molecule has 0 aliphatic rings. The van der Waals surface area contributed by atoms with E-state index in [0.29, 0.717) is 10.1 Å². The normalized spacial score (nSPS) is 9.83. The molecule has 0 amide bonds. The maximum atomic E-state index is 5.75. The third-order valence-corrected chi connectivity index (χ3v) is 1.92. The molecule has 0 aliphatic carbocycles. The van der Waals surface area contributed by atoms with E-state index in [9.17, 15) is 0 Å². The number of nitrogens with zero attached hydrogens (tertiary/aromatic N) is 1. The molecule has 2 nitrogen and oxygen atoms in total. The molecule has 0 spiro atoms. The van der Waals surface area contributed by atoms with Gasteiger partial charge in [0.05, 0.1) is 0 Å². The summed E-state index contributed by atoms with van der Waals surface area (Å²) in [4.78, 5) is 4.44. The molecular weight excluding hydrogens is 192 g/mol. The standard InChI is InChI=1S/C8H9ClN2S/c1-2-6-3-5(8(10)12)4-7(9)11-6/h3-4H,2H2,1H3,(H2,10,12). The SMILES string of the molecule is CCc1cc(C(N)=S)cc(Cl)n1. The summed E-state index contributed by atoms with van der Waals surface area (Å²) in [5.41, 5.74) is 7.14. The van der Waals surface area contributed by atoms with Crippen molar-refractivity contribution in [3.8, 4) is 0 Å². The van der Waals surface area contributed by atoms with Gasteiger partial charge in [0.1, 0.15) is 10.1 Å². The number of aryl methyl sites for hydroxylation is 1.